The Morgan fingerprint density at radius 3 is 2.67 bits per heavy atom. The third-order valence-corrected chi connectivity index (χ3v) is 8.56. The third-order valence-electron chi connectivity index (χ3n) is 8.33. The fourth-order valence-electron chi connectivity index (χ4n) is 5.84. The average Bonchev–Trinajstić information content (AvgIpc) is 3.63. The molecule has 5 aromatic rings. The molecule has 5 heterocycles. The van der Waals surface area contributed by atoms with E-state index in [1.54, 1.807) is 18.3 Å². The van der Waals surface area contributed by atoms with Crippen LogP contribution in [0.15, 0.2) is 66.9 Å². The second kappa shape index (κ2) is 11.8. The fraction of sp³-hybridized carbons (Fsp3) is 0.344. The molecule has 2 aliphatic heterocycles. The van der Waals surface area contributed by atoms with Crippen LogP contribution in [0, 0.1) is 5.82 Å². The Morgan fingerprint density at radius 1 is 1.02 bits per heavy atom. The number of piperidine rings is 1. The molecule has 3 aromatic heterocycles. The van der Waals surface area contributed by atoms with Crippen LogP contribution in [0.2, 0.25) is 5.02 Å². The lowest BCUT2D eigenvalue weighted by atomic mass is 9.93. The van der Waals surface area contributed by atoms with Gasteiger partial charge in [0.15, 0.2) is 0 Å². The Morgan fingerprint density at radius 2 is 1.90 bits per heavy atom. The van der Waals surface area contributed by atoms with Gasteiger partial charge < -0.3 is 14.0 Å². The monoisotopic (exact) mass is 586 g/mol. The molecular formula is C32H32ClFN6O2. The molecule has 2 aliphatic rings. The lowest BCUT2D eigenvalue weighted by Gasteiger charge is -2.32. The van der Waals surface area contributed by atoms with Crippen LogP contribution in [-0.2, 0) is 24.4 Å². The van der Waals surface area contributed by atoms with Crippen molar-refractivity contribution in [1.29, 1.82) is 0 Å². The number of halogens is 2. The summed E-state index contributed by atoms with van der Waals surface area (Å²) in [7, 11) is 0. The van der Waals surface area contributed by atoms with E-state index in [0.29, 0.717) is 22.4 Å². The molecule has 10 heteroatoms. The number of nitrogens with zero attached hydrogens (tertiary/aromatic N) is 5. The van der Waals surface area contributed by atoms with Crippen molar-refractivity contribution in [2.24, 2.45) is 0 Å². The molecule has 0 radical (unpaired) electrons. The first-order valence-corrected chi connectivity index (χ1v) is 14.8. The van der Waals surface area contributed by atoms with Gasteiger partial charge in [0.05, 0.1) is 35.9 Å². The van der Waals surface area contributed by atoms with Crippen LogP contribution in [-0.4, -0.2) is 55.4 Å². The lowest BCUT2D eigenvalue weighted by molar-refractivity contribution is -0.0592. The summed E-state index contributed by atoms with van der Waals surface area (Å²) in [4.78, 5) is 12.3. The summed E-state index contributed by atoms with van der Waals surface area (Å²) >= 11 is 5.86. The van der Waals surface area contributed by atoms with Gasteiger partial charge in [-0.25, -0.2) is 14.4 Å². The van der Waals surface area contributed by atoms with E-state index >= 15 is 0 Å². The van der Waals surface area contributed by atoms with Gasteiger partial charge in [-0.05, 0) is 68.8 Å². The molecule has 2 aromatic carbocycles. The Hall–Kier alpha value is -3.79. The quantitative estimate of drug-likeness (QED) is 0.216. The molecule has 42 heavy (non-hydrogen) atoms. The van der Waals surface area contributed by atoms with Gasteiger partial charge in [0.1, 0.15) is 18.2 Å². The van der Waals surface area contributed by atoms with Crippen LogP contribution in [0.4, 0.5) is 4.39 Å². The number of fused-ring (bicyclic) bond motifs is 1. The second-order valence-electron chi connectivity index (χ2n) is 11.1. The van der Waals surface area contributed by atoms with Gasteiger partial charge in [0.25, 0.3) is 0 Å². The zero-order chi connectivity index (χ0) is 28.5. The fourth-order valence-corrected chi connectivity index (χ4v) is 6.00. The normalized spacial score (nSPS) is 17.9. The van der Waals surface area contributed by atoms with Crippen molar-refractivity contribution in [2.75, 3.05) is 19.7 Å². The minimum atomic E-state index is -0.377. The largest absolute Gasteiger partial charge is 0.473 e. The van der Waals surface area contributed by atoms with Gasteiger partial charge in [0, 0.05) is 46.6 Å². The molecule has 0 unspecified atom stereocenters. The Bertz CT molecular complexity index is 1680. The molecule has 0 spiro atoms. The maximum absolute atomic E-state index is 14.2. The van der Waals surface area contributed by atoms with Crippen molar-refractivity contribution in [3.8, 4) is 17.1 Å². The highest BCUT2D eigenvalue weighted by Crippen LogP contribution is 2.31. The number of benzene rings is 2. The number of imidazole rings is 1. The number of H-pyrrole nitrogens is 1. The minimum absolute atomic E-state index is 0.105. The standard InChI is InChI=1S/C32H32ClFN6O2/c33-24-6-4-23(26(34)17-24)20-42-32-3-1-2-27(37-32)21-9-13-39(14-10-21)19-31-36-29-16-22(28-8-12-35-38-28)5-7-30(29)40(31)18-25-11-15-41-25/h1-8,12,16-17,21,25H,9-11,13-15,18-20H2,(H,35,38)/t25-/m0/s1. The Kier molecular flexibility index (Phi) is 7.63. The van der Waals surface area contributed by atoms with Crippen molar-refractivity contribution < 1.29 is 13.9 Å². The molecule has 216 valence electrons. The van der Waals surface area contributed by atoms with Crippen LogP contribution < -0.4 is 4.74 Å². The zero-order valence-corrected chi connectivity index (χ0v) is 23.9. The number of ether oxygens (including phenoxy) is 2. The molecule has 2 saturated heterocycles. The van der Waals surface area contributed by atoms with Gasteiger partial charge >= 0.3 is 0 Å². The topological polar surface area (TPSA) is 81.1 Å². The van der Waals surface area contributed by atoms with Crippen LogP contribution in [0.3, 0.4) is 0 Å². The third kappa shape index (κ3) is 5.77. The molecule has 0 saturated carbocycles. The molecule has 0 aliphatic carbocycles. The molecule has 0 amide bonds. The first kappa shape index (κ1) is 27.1. The summed E-state index contributed by atoms with van der Waals surface area (Å²) in [5.74, 6) is 1.55. The number of hydrogen-bond donors (Lipinski definition) is 1. The first-order chi connectivity index (χ1) is 20.6. The highest BCUT2D eigenvalue weighted by Gasteiger charge is 2.26. The molecule has 1 atom stereocenters. The van der Waals surface area contributed by atoms with Crippen LogP contribution >= 0.6 is 11.6 Å². The summed E-state index contributed by atoms with van der Waals surface area (Å²) in [6.45, 7) is 4.46. The second-order valence-corrected chi connectivity index (χ2v) is 11.5. The van der Waals surface area contributed by atoms with Gasteiger partial charge in [-0.15, -0.1) is 0 Å². The highest BCUT2D eigenvalue weighted by molar-refractivity contribution is 6.30. The van der Waals surface area contributed by atoms with Crippen molar-refractivity contribution in [2.45, 2.75) is 51.0 Å². The lowest BCUT2D eigenvalue weighted by Crippen LogP contribution is -2.35. The number of aromatic amines is 1. The van der Waals surface area contributed by atoms with Crippen LogP contribution in [0.1, 0.15) is 42.3 Å². The van der Waals surface area contributed by atoms with Crippen molar-refractivity contribution in [3.63, 3.8) is 0 Å². The van der Waals surface area contributed by atoms with E-state index in [2.05, 4.69) is 43.9 Å². The Labute approximate surface area is 248 Å². The summed E-state index contributed by atoms with van der Waals surface area (Å²) in [5, 5.41) is 7.51. The zero-order valence-electron chi connectivity index (χ0n) is 23.2. The van der Waals surface area contributed by atoms with E-state index in [9.17, 15) is 4.39 Å². The molecular weight excluding hydrogens is 555 g/mol. The van der Waals surface area contributed by atoms with E-state index in [0.717, 1.165) is 85.9 Å². The molecule has 8 nitrogen and oxygen atoms in total. The molecule has 0 bridgehead atoms. The number of nitrogens with one attached hydrogen (secondary N) is 1. The summed E-state index contributed by atoms with van der Waals surface area (Å²) in [5.41, 5.74) is 5.66. The number of pyridine rings is 1. The minimum Gasteiger partial charge on any atom is -0.473 e. The summed E-state index contributed by atoms with van der Waals surface area (Å²) in [6.07, 6.45) is 5.09. The van der Waals surface area contributed by atoms with Gasteiger partial charge in [0.2, 0.25) is 5.88 Å². The average molecular weight is 587 g/mol. The van der Waals surface area contributed by atoms with Crippen molar-refractivity contribution >= 4 is 22.6 Å². The maximum Gasteiger partial charge on any atom is 0.213 e. The van der Waals surface area contributed by atoms with E-state index in [4.69, 9.17) is 31.0 Å². The van der Waals surface area contributed by atoms with E-state index in [1.807, 2.05) is 18.2 Å². The Balaban J connectivity index is 1.02. The number of rotatable bonds is 9. The van der Waals surface area contributed by atoms with Crippen LogP contribution in [0.25, 0.3) is 22.3 Å². The van der Waals surface area contributed by atoms with E-state index in [-0.39, 0.29) is 18.5 Å². The van der Waals surface area contributed by atoms with E-state index < -0.39 is 0 Å². The molecule has 2 fully saturated rings. The highest BCUT2D eigenvalue weighted by atomic mass is 35.5. The first-order valence-electron chi connectivity index (χ1n) is 14.5. The van der Waals surface area contributed by atoms with Gasteiger partial charge in [-0.3, -0.25) is 10.00 Å². The number of aromatic nitrogens is 5. The smallest absolute Gasteiger partial charge is 0.213 e. The molecule has 7 rings (SSSR count). The predicted molar refractivity (Wildman–Crippen MR) is 159 cm³/mol. The van der Waals surface area contributed by atoms with Gasteiger partial charge in [-0.1, -0.05) is 29.8 Å². The summed E-state index contributed by atoms with van der Waals surface area (Å²) in [6, 6.07) is 18.8. The summed E-state index contributed by atoms with van der Waals surface area (Å²) < 4.78 is 28.1. The number of likely N-dealkylation sites (tertiary alicyclic amines) is 1. The van der Waals surface area contributed by atoms with Crippen molar-refractivity contribution in [1.82, 2.24) is 29.6 Å². The van der Waals surface area contributed by atoms with Crippen LogP contribution in [0.5, 0.6) is 5.88 Å². The van der Waals surface area contributed by atoms with E-state index in [1.165, 1.54) is 6.07 Å². The predicted octanol–water partition coefficient (Wildman–Crippen LogP) is 6.36. The SMILES string of the molecule is Fc1cc(Cl)ccc1COc1cccc(C2CCN(Cc3nc4cc(-c5ccn[nH]5)ccc4n3C[C@@H]3CCO3)CC2)n1. The van der Waals surface area contributed by atoms with Crippen molar-refractivity contribution in [3.05, 3.63) is 94.8 Å². The maximum atomic E-state index is 14.2. The van der Waals surface area contributed by atoms with Gasteiger partial charge in [-0.2, -0.15) is 5.10 Å². The molecule has 1 N–H and O–H groups in total. The number of hydrogen-bond acceptors (Lipinski definition) is 6.